The van der Waals surface area contributed by atoms with Gasteiger partial charge in [-0.25, -0.2) is 0 Å². The number of nitrogens with zero attached hydrogens (tertiary/aromatic N) is 4. The number of likely N-dealkylation sites (tertiary alicyclic amines) is 1. The van der Waals surface area contributed by atoms with Crippen LogP contribution >= 0.6 is 0 Å². The molecular weight excluding hydrogens is 312 g/mol. The summed E-state index contributed by atoms with van der Waals surface area (Å²) in [4.78, 5) is 16.9. The van der Waals surface area contributed by atoms with Crippen LogP contribution < -0.4 is 0 Å². The van der Waals surface area contributed by atoms with E-state index in [1.165, 1.54) is 12.1 Å². The van der Waals surface area contributed by atoms with Gasteiger partial charge in [-0.2, -0.15) is 4.98 Å². The molecule has 1 aliphatic rings. The van der Waals surface area contributed by atoms with Gasteiger partial charge in [0.05, 0.1) is 17.6 Å². The van der Waals surface area contributed by atoms with Crippen molar-refractivity contribution in [3.05, 3.63) is 40.3 Å². The first kappa shape index (κ1) is 16.5. The molecule has 0 amide bonds. The normalized spacial score (nSPS) is 20.0. The third kappa shape index (κ3) is 3.77. The fourth-order valence-corrected chi connectivity index (χ4v) is 3.01. The molecule has 0 spiro atoms. The molecule has 0 radical (unpaired) electrons. The summed E-state index contributed by atoms with van der Waals surface area (Å²) in [6, 6.07) is 6.17. The highest BCUT2D eigenvalue weighted by Crippen LogP contribution is 2.23. The number of rotatable bonds is 5. The molecule has 2 atom stereocenters. The first-order valence-electron chi connectivity index (χ1n) is 8.01. The highest BCUT2D eigenvalue weighted by Gasteiger charge is 2.24. The molecular formula is C16H20N4O4. The Bertz CT molecular complexity index is 716. The van der Waals surface area contributed by atoms with Gasteiger partial charge >= 0.3 is 0 Å². The third-order valence-electron chi connectivity index (χ3n) is 4.37. The second-order valence-corrected chi connectivity index (χ2v) is 6.20. The molecule has 1 saturated heterocycles. The third-order valence-corrected chi connectivity index (χ3v) is 4.37. The predicted molar refractivity (Wildman–Crippen MR) is 86.1 cm³/mol. The number of hydrogen-bond acceptors (Lipinski definition) is 7. The first-order chi connectivity index (χ1) is 11.5. The minimum atomic E-state index is -0.450. The standard InChI is InChI=1S/C16H20N4O4/c1-11(21)13-5-3-7-19(9-13)10-15-17-16(18-24-15)12-4-2-6-14(8-12)20(22)23/h2,4,6,8,11,13,21H,3,5,7,9-10H2,1H3. The number of aliphatic hydroxyl groups is 1. The molecule has 0 saturated carbocycles. The van der Waals surface area contributed by atoms with Gasteiger partial charge < -0.3 is 9.63 Å². The Morgan fingerprint density at radius 2 is 2.38 bits per heavy atom. The number of aliphatic hydroxyl groups excluding tert-OH is 1. The summed E-state index contributed by atoms with van der Waals surface area (Å²) < 4.78 is 5.28. The highest BCUT2D eigenvalue weighted by molar-refractivity contribution is 5.58. The fourth-order valence-electron chi connectivity index (χ4n) is 3.01. The molecule has 24 heavy (non-hydrogen) atoms. The van der Waals surface area contributed by atoms with Crippen LogP contribution in [0.5, 0.6) is 0 Å². The summed E-state index contributed by atoms with van der Waals surface area (Å²) in [7, 11) is 0. The first-order valence-corrected chi connectivity index (χ1v) is 8.01. The lowest BCUT2D eigenvalue weighted by Gasteiger charge is -2.33. The van der Waals surface area contributed by atoms with E-state index in [0.717, 1.165) is 25.9 Å². The number of nitro groups is 1. The van der Waals surface area contributed by atoms with Crippen molar-refractivity contribution in [1.82, 2.24) is 15.0 Å². The van der Waals surface area contributed by atoms with E-state index in [4.69, 9.17) is 4.52 Å². The molecule has 1 fully saturated rings. The summed E-state index contributed by atoms with van der Waals surface area (Å²) in [6.07, 6.45) is 1.73. The summed E-state index contributed by atoms with van der Waals surface area (Å²) in [5, 5.41) is 24.5. The molecule has 1 aromatic heterocycles. The van der Waals surface area contributed by atoms with Crippen molar-refractivity contribution >= 4 is 5.69 Å². The molecule has 1 aliphatic heterocycles. The minimum Gasteiger partial charge on any atom is -0.393 e. The van der Waals surface area contributed by atoms with Gasteiger partial charge in [0.25, 0.3) is 5.69 Å². The minimum absolute atomic E-state index is 0.00495. The molecule has 1 N–H and O–H groups in total. The van der Waals surface area contributed by atoms with Gasteiger partial charge in [0.15, 0.2) is 0 Å². The van der Waals surface area contributed by atoms with E-state index in [9.17, 15) is 15.2 Å². The number of aromatic nitrogens is 2. The van der Waals surface area contributed by atoms with Crippen LogP contribution in [0.4, 0.5) is 5.69 Å². The lowest BCUT2D eigenvalue weighted by atomic mass is 9.93. The quantitative estimate of drug-likeness (QED) is 0.661. The Balaban J connectivity index is 1.69. The highest BCUT2D eigenvalue weighted by atomic mass is 16.6. The van der Waals surface area contributed by atoms with Gasteiger partial charge in [0.1, 0.15) is 0 Å². The van der Waals surface area contributed by atoms with Crippen molar-refractivity contribution < 1.29 is 14.6 Å². The molecule has 1 aromatic carbocycles. The van der Waals surface area contributed by atoms with Crippen molar-refractivity contribution in [3.8, 4) is 11.4 Å². The van der Waals surface area contributed by atoms with Crippen LogP contribution in [0.2, 0.25) is 0 Å². The van der Waals surface area contributed by atoms with Gasteiger partial charge in [-0.1, -0.05) is 17.3 Å². The van der Waals surface area contributed by atoms with E-state index in [-0.39, 0.29) is 17.7 Å². The van der Waals surface area contributed by atoms with Crippen LogP contribution in [-0.2, 0) is 6.54 Å². The van der Waals surface area contributed by atoms with Gasteiger partial charge in [-0.15, -0.1) is 0 Å². The Labute approximate surface area is 139 Å². The van der Waals surface area contributed by atoms with E-state index in [0.29, 0.717) is 23.8 Å². The van der Waals surface area contributed by atoms with E-state index < -0.39 is 4.92 Å². The van der Waals surface area contributed by atoms with Crippen molar-refractivity contribution in [2.75, 3.05) is 13.1 Å². The summed E-state index contributed by atoms with van der Waals surface area (Å²) in [5.41, 5.74) is 0.550. The second-order valence-electron chi connectivity index (χ2n) is 6.20. The monoisotopic (exact) mass is 332 g/mol. The van der Waals surface area contributed by atoms with Crippen LogP contribution in [0.15, 0.2) is 28.8 Å². The van der Waals surface area contributed by atoms with Gasteiger partial charge in [-0.3, -0.25) is 15.0 Å². The van der Waals surface area contributed by atoms with E-state index >= 15 is 0 Å². The van der Waals surface area contributed by atoms with Gasteiger partial charge in [0, 0.05) is 24.2 Å². The lowest BCUT2D eigenvalue weighted by Crippen LogP contribution is -2.39. The van der Waals surface area contributed by atoms with Crippen molar-refractivity contribution in [2.45, 2.75) is 32.4 Å². The number of nitro benzene ring substituents is 1. The topological polar surface area (TPSA) is 106 Å². The van der Waals surface area contributed by atoms with Crippen LogP contribution in [-0.4, -0.2) is 44.3 Å². The van der Waals surface area contributed by atoms with Crippen LogP contribution in [0.1, 0.15) is 25.7 Å². The van der Waals surface area contributed by atoms with Crippen molar-refractivity contribution in [1.29, 1.82) is 0 Å². The SMILES string of the molecule is CC(O)C1CCCN(Cc2nc(-c3cccc([N+](=O)[O-])c3)no2)C1. The molecule has 8 nitrogen and oxygen atoms in total. The zero-order chi connectivity index (χ0) is 17.1. The number of benzene rings is 1. The number of non-ortho nitro benzene ring substituents is 1. The Hall–Kier alpha value is -2.32. The maximum Gasteiger partial charge on any atom is 0.270 e. The van der Waals surface area contributed by atoms with Gasteiger partial charge in [-0.05, 0) is 32.2 Å². The van der Waals surface area contributed by atoms with Crippen LogP contribution in [0.3, 0.4) is 0 Å². The zero-order valence-electron chi connectivity index (χ0n) is 13.5. The Morgan fingerprint density at radius 3 is 3.12 bits per heavy atom. The zero-order valence-corrected chi connectivity index (χ0v) is 13.5. The second kappa shape index (κ2) is 7.06. The van der Waals surface area contributed by atoms with E-state index in [2.05, 4.69) is 15.0 Å². The van der Waals surface area contributed by atoms with E-state index in [1.54, 1.807) is 12.1 Å². The smallest absolute Gasteiger partial charge is 0.270 e. The summed E-state index contributed by atoms with van der Waals surface area (Å²) in [6.45, 7) is 4.07. The maximum absolute atomic E-state index is 10.9. The molecule has 128 valence electrons. The van der Waals surface area contributed by atoms with E-state index in [1.807, 2.05) is 6.92 Å². The molecule has 2 unspecified atom stereocenters. The Kier molecular flexibility index (Phi) is 4.86. The average Bonchev–Trinajstić information content (AvgIpc) is 3.03. The molecule has 2 heterocycles. The summed E-state index contributed by atoms with van der Waals surface area (Å²) in [5.74, 6) is 1.08. The van der Waals surface area contributed by atoms with Crippen LogP contribution in [0, 0.1) is 16.0 Å². The molecule has 8 heteroatoms. The fraction of sp³-hybridized carbons (Fsp3) is 0.500. The van der Waals surface area contributed by atoms with Crippen LogP contribution in [0.25, 0.3) is 11.4 Å². The van der Waals surface area contributed by atoms with Gasteiger partial charge in [0.2, 0.25) is 11.7 Å². The van der Waals surface area contributed by atoms with Crippen molar-refractivity contribution in [3.63, 3.8) is 0 Å². The largest absolute Gasteiger partial charge is 0.393 e. The lowest BCUT2D eigenvalue weighted by molar-refractivity contribution is -0.384. The average molecular weight is 332 g/mol. The molecule has 3 rings (SSSR count). The number of hydrogen-bond donors (Lipinski definition) is 1. The number of piperidine rings is 1. The van der Waals surface area contributed by atoms with Crippen molar-refractivity contribution in [2.24, 2.45) is 5.92 Å². The predicted octanol–water partition coefficient (Wildman–Crippen LogP) is 2.24. The maximum atomic E-state index is 10.9. The molecule has 0 aliphatic carbocycles. The Morgan fingerprint density at radius 1 is 1.54 bits per heavy atom. The molecule has 2 aromatic rings. The molecule has 0 bridgehead atoms. The summed E-state index contributed by atoms with van der Waals surface area (Å²) >= 11 is 0.